The summed E-state index contributed by atoms with van der Waals surface area (Å²) in [5.41, 5.74) is 8.79. The highest BCUT2D eigenvalue weighted by molar-refractivity contribution is 6.35. The number of ether oxygens (including phenoxy) is 1. The number of para-hydroxylation sites is 1. The molecule has 2 nitrogen and oxygen atoms in total. The molecule has 3 rings (SSSR count). The van der Waals surface area contributed by atoms with E-state index in [9.17, 15) is 0 Å². The molecule has 0 amide bonds. The van der Waals surface area contributed by atoms with Crippen LogP contribution in [-0.4, -0.2) is 12.6 Å². The van der Waals surface area contributed by atoms with E-state index in [1.165, 1.54) is 5.56 Å². The van der Waals surface area contributed by atoms with Gasteiger partial charge < -0.3 is 10.5 Å². The van der Waals surface area contributed by atoms with Crippen molar-refractivity contribution >= 4 is 23.2 Å². The van der Waals surface area contributed by atoms with Crippen LogP contribution in [0.1, 0.15) is 18.4 Å². The molecule has 4 heteroatoms. The average molecular weight is 322 g/mol. The Morgan fingerprint density at radius 2 is 2.00 bits per heavy atom. The summed E-state index contributed by atoms with van der Waals surface area (Å²) in [5, 5.41) is 1.35. The van der Waals surface area contributed by atoms with Crippen molar-refractivity contribution < 1.29 is 4.74 Å². The molecule has 0 bridgehead atoms. The van der Waals surface area contributed by atoms with E-state index in [-0.39, 0.29) is 6.10 Å². The van der Waals surface area contributed by atoms with Crippen LogP contribution in [0.4, 0.5) is 0 Å². The molecule has 2 aromatic rings. The molecule has 110 valence electrons. The van der Waals surface area contributed by atoms with Crippen molar-refractivity contribution in [2.45, 2.75) is 25.4 Å². The van der Waals surface area contributed by atoms with Crippen LogP contribution in [0.15, 0.2) is 36.4 Å². The van der Waals surface area contributed by atoms with E-state index in [0.717, 1.165) is 36.1 Å². The minimum Gasteiger partial charge on any atom is -0.489 e. The minimum absolute atomic E-state index is 0.182. The second kappa shape index (κ2) is 6.27. The van der Waals surface area contributed by atoms with Crippen molar-refractivity contribution in [3.8, 4) is 16.9 Å². The average Bonchev–Trinajstić information content (AvgIpc) is 2.49. The first-order valence-electron chi connectivity index (χ1n) is 7.13. The van der Waals surface area contributed by atoms with E-state index in [2.05, 4.69) is 6.07 Å². The molecule has 0 aliphatic carbocycles. The third-order valence-corrected chi connectivity index (χ3v) is 4.39. The first-order chi connectivity index (χ1) is 10.2. The number of aryl methyl sites for hydroxylation is 1. The quantitative estimate of drug-likeness (QED) is 0.889. The number of hydrogen-bond acceptors (Lipinski definition) is 2. The van der Waals surface area contributed by atoms with Gasteiger partial charge in [-0.05, 0) is 49.6 Å². The van der Waals surface area contributed by atoms with Gasteiger partial charge in [-0.15, -0.1) is 0 Å². The van der Waals surface area contributed by atoms with Crippen molar-refractivity contribution in [2.75, 3.05) is 6.54 Å². The Morgan fingerprint density at radius 3 is 2.81 bits per heavy atom. The van der Waals surface area contributed by atoms with Crippen molar-refractivity contribution in [3.05, 3.63) is 52.0 Å². The third-order valence-electron chi connectivity index (χ3n) is 3.82. The highest BCUT2D eigenvalue weighted by atomic mass is 35.5. The molecule has 2 aromatic carbocycles. The predicted molar refractivity (Wildman–Crippen MR) is 88.3 cm³/mol. The predicted octanol–water partition coefficient (Wildman–Crippen LogP) is 4.70. The molecule has 0 radical (unpaired) electrons. The first-order valence-corrected chi connectivity index (χ1v) is 7.88. The van der Waals surface area contributed by atoms with Crippen LogP contribution in [0, 0.1) is 0 Å². The monoisotopic (exact) mass is 321 g/mol. The largest absolute Gasteiger partial charge is 0.489 e. The second-order valence-corrected chi connectivity index (χ2v) is 6.12. The minimum atomic E-state index is 0.182. The molecule has 1 aliphatic heterocycles. The Morgan fingerprint density at radius 1 is 1.14 bits per heavy atom. The Labute approximate surface area is 134 Å². The van der Waals surface area contributed by atoms with Gasteiger partial charge >= 0.3 is 0 Å². The van der Waals surface area contributed by atoms with Crippen LogP contribution >= 0.6 is 23.2 Å². The third kappa shape index (κ3) is 3.03. The molecule has 1 heterocycles. The standard InChI is InChI=1S/C17H17Cl2NO/c18-12-5-7-16(19)15(10-12)14-3-1-2-11-4-6-13(8-9-20)21-17(11)14/h1-3,5,7,10,13H,4,6,8-9,20H2/t13-/m0/s1. The molecule has 1 atom stereocenters. The van der Waals surface area contributed by atoms with Gasteiger partial charge in [-0.3, -0.25) is 0 Å². The van der Waals surface area contributed by atoms with Crippen LogP contribution in [0.3, 0.4) is 0 Å². The van der Waals surface area contributed by atoms with Crippen molar-refractivity contribution in [1.29, 1.82) is 0 Å². The van der Waals surface area contributed by atoms with Crippen LogP contribution in [-0.2, 0) is 6.42 Å². The summed E-state index contributed by atoms with van der Waals surface area (Å²) in [6, 6.07) is 11.7. The Bertz CT molecular complexity index is 657. The lowest BCUT2D eigenvalue weighted by molar-refractivity contribution is 0.167. The highest BCUT2D eigenvalue weighted by Crippen LogP contribution is 2.41. The van der Waals surface area contributed by atoms with Crippen molar-refractivity contribution in [1.82, 2.24) is 0 Å². The molecule has 0 saturated heterocycles. The smallest absolute Gasteiger partial charge is 0.130 e. The fourth-order valence-electron chi connectivity index (χ4n) is 2.77. The van der Waals surface area contributed by atoms with Gasteiger partial charge in [-0.2, -0.15) is 0 Å². The number of nitrogens with two attached hydrogens (primary N) is 1. The zero-order valence-corrected chi connectivity index (χ0v) is 13.1. The lowest BCUT2D eigenvalue weighted by Gasteiger charge is -2.28. The number of benzene rings is 2. The van der Waals surface area contributed by atoms with Gasteiger partial charge in [0.05, 0.1) is 0 Å². The van der Waals surface area contributed by atoms with Gasteiger partial charge in [0.25, 0.3) is 0 Å². The van der Waals surface area contributed by atoms with Gasteiger partial charge in [0, 0.05) is 21.2 Å². The van der Waals surface area contributed by atoms with E-state index in [1.807, 2.05) is 24.3 Å². The van der Waals surface area contributed by atoms with E-state index in [1.54, 1.807) is 6.07 Å². The maximum absolute atomic E-state index is 6.34. The molecule has 1 aliphatic rings. The Balaban J connectivity index is 2.06. The molecule has 21 heavy (non-hydrogen) atoms. The summed E-state index contributed by atoms with van der Waals surface area (Å²) in [6.07, 6.45) is 3.07. The van der Waals surface area contributed by atoms with Gasteiger partial charge in [0.2, 0.25) is 0 Å². The molecular weight excluding hydrogens is 305 g/mol. The van der Waals surface area contributed by atoms with Gasteiger partial charge in [-0.25, -0.2) is 0 Å². The van der Waals surface area contributed by atoms with E-state index in [0.29, 0.717) is 16.6 Å². The van der Waals surface area contributed by atoms with Crippen molar-refractivity contribution in [3.63, 3.8) is 0 Å². The first kappa shape index (κ1) is 14.7. The topological polar surface area (TPSA) is 35.2 Å². The maximum atomic E-state index is 6.34. The van der Waals surface area contributed by atoms with Crippen LogP contribution in [0.5, 0.6) is 5.75 Å². The van der Waals surface area contributed by atoms with Crippen LogP contribution < -0.4 is 10.5 Å². The number of fused-ring (bicyclic) bond motifs is 1. The van der Waals surface area contributed by atoms with Crippen LogP contribution in [0.25, 0.3) is 11.1 Å². The Kier molecular flexibility index (Phi) is 4.39. The number of hydrogen-bond donors (Lipinski definition) is 1. The molecular formula is C17H17Cl2NO. The summed E-state index contributed by atoms with van der Waals surface area (Å²) in [6.45, 7) is 0.639. The lowest BCUT2D eigenvalue weighted by atomic mass is 9.95. The van der Waals surface area contributed by atoms with Crippen molar-refractivity contribution in [2.24, 2.45) is 5.73 Å². The summed E-state index contributed by atoms with van der Waals surface area (Å²) < 4.78 is 6.17. The highest BCUT2D eigenvalue weighted by Gasteiger charge is 2.23. The number of halogens is 2. The summed E-state index contributed by atoms with van der Waals surface area (Å²) in [4.78, 5) is 0. The van der Waals surface area contributed by atoms with E-state index in [4.69, 9.17) is 33.7 Å². The summed E-state index contributed by atoms with van der Waals surface area (Å²) in [5.74, 6) is 0.923. The molecule has 0 unspecified atom stereocenters. The van der Waals surface area contributed by atoms with E-state index < -0.39 is 0 Å². The zero-order chi connectivity index (χ0) is 14.8. The number of rotatable bonds is 3. The molecule has 0 fully saturated rings. The maximum Gasteiger partial charge on any atom is 0.130 e. The fraction of sp³-hybridized carbons (Fsp3) is 0.294. The molecule has 0 saturated carbocycles. The fourth-order valence-corrected chi connectivity index (χ4v) is 3.16. The second-order valence-electron chi connectivity index (χ2n) is 5.27. The zero-order valence-electron chi connectivity index (χ0n) is 11.6. The van der Waals surface area contributed by atoms with Gasteiger partial charge in [0.1, 0.15) is 11.9 Å². The molecule has 0 aromatic heterocycles. The Hall–Kier alpha value is -1.22. The summed E-state index contributed by atoms with van der Waals surface area (Å²) >= 11 is 12.4. The lowest BCUT2D eigenvalue weighted by Crippen LogP contribution is -2.25. The van der Waals surface area contributed by atoms with Gasteiger partial charge in [-0.1, -0.05) is 41.4 Å². The van der Waals surface area contributed by atoms with Gasteiger partial charge in [0.15, 0.2) is 0 Å². The summed E-state index contributed by atoms with van der Waals surface area (Å²) in [7, 11) is 0. The molecule has 2 N–H and O–H groups in total. The normalized spacial score (nSPS) is 17.2. The van der Waals surface area contributed by atoms with Crippen LogP contribution in [0.2, 0.25) is 10.0 Å². The van der Waals surface area contributed by atoms with E-state index >= 15 is 0 Å². The SMILES string of the molecule is NCC[C@@H]1CCc2cccc(-c3cc(Cl)ccc3Cl)c2O1. The molecule has 0 spiro atoms.